The van der Waals surface area contributed by atoms with Gasteiger partial charge in [0.05, 0.1) is 16.8 Å². The van der Waals surface area contributed by atoms with Crippen LogP contribution in [0.4, 0.5) is 0 Å². The highest BCUT2D eigenvalue weighted by Gasteiger charge is 2.17. The first-order valence-electron chi connectivity index (χ1n) is 8.37. The van der Waals surface area contributed by atoms with Crippen molar-refractivity contribution in [3.63, 3.8) is 0 Å². The van der Waals surface area contributed by atoms with Crippen molar-refractivity contribution in [2.45, 2.75) is 32.1 Å². The van der Waals surface area contributed by atoms with Crippen LogP contribution in [0.3, 0.4) is 0 Å². The average molecular weight is 348 g/mol. The molecule has 0 aliphatic heterocycles. The molecule has 124 valence electrons. The van der Waals surface area contributed by atoms with E-state index >= 15 is 0 Å². The van der Waals surface area contributed by atoms with E-state index in [0.717, 1.165) is 31.1 Å². The van der Waals surface area contributed by atoms with Gasteiger partial charge in [-0.25, -0.2) is 9.78 Å². The van der Waals surface area contributed by atoms with E-state index in [1.807, 2.05) is 23.6 Å². The number of hydrogen-bond acceptors (Lipinski definition) is 5. The van der Waals surface area contributed by atoms with E-state index in [0.29, 0.717) is 27.4 Å². The Morgan fingerprint density at radius 3 is 2.80 bits per heavy atom. The lowest BCUT2D eigenvalue weighted by atomic mass is 9.91. The fraction of sp³-hybridized carbons (Fsp3) is 0.250. The quantitative estimate of drug-likeness (QED) is 0.474. The highest BCUT2D eigenvalue weighted by atomic mass is 32.1. The minimum Gasteiger partial charge on any atom is -0.422 e. The number of hydrogen-bond donors (Lipinski definition) is 0. The fourth-order valence-corrected chi connectivity index (χ4v) is 4.12. The van der Waals surface area contributed by atoms with Crippen molar-refractivity contribution >= 4 is 27.9 Å². The summed E-state index contributed by atoms with van der Waals surface area (Å²) in [4.78, 5) is 16.9. The Morgan fingerprint density at radius 2 is 2.00 bits per heavy atom. The van der Waals surface area contributed by atoms with Crippen molar-refractivity contribution < 1.29 is 4.42 Å². The second-order valence-corrected chi connectivity index (χ2v) is 7.03. The van der Waals surface area contributed by atoms with Gasteiger partial charge in [-0.3, -0.25) is 0 Å². The van der Waals surface area contributed by atoms with Gasteiger partial charge in [0.25, 0.3) is 0 Å². The van der Waals surface area contributed by atoms with E-state index < -0.39 is 5.63 Å². The van der Waals surface area contributed by atoms with Gasteiger partial charge >= 0.3 is 5.63 Å². The van der Waals surface area contributed by atoms with Crippen molar-refractivity contribution in [1.29, 1.82) is 5.26 Å². The molecule has 2 aromatic heterocycles. The average Bonchev–Trinajstić information content (AvgIpc) is 3.12. The number of thiazole rings is 1. The molecule has 0 N–H and O–H groups in total. The molecule has 0 radical (unpaired) electrons. The van der Waals surface area contributed by atoms with E-state index in [1.54, 1.807) is 12.1 Å². The maximum Gasteiger partial charge on any atom is 0.345 e. The maximum atomic E-state index is 12.3. The number of benzene rings is 1. The van der Waals surface area contributed by atoms with E-state index in [2.05, 4.69) is 11.1 Å². The van der Waals surface area contributed by atoms with Crippen molar-refractivity contribution in [3.05, 3.63) is 56.7 Å². The first-order chi connectivity index (χ1) is 12.3. The van der Waals surface area contributed by atoms with Crippen molar-refractivity contribution in [2.75, 3.05) is 0 Å². The van der Waals surface area contributed by atoms with E-state index in [9.17, 15) is 10.1 Å². The first-order valence-corrected chi connectivity index (χ1v) is 9.25. The Kier molecular flexibility index (Phi) is 4.21. The van der Waals surface area contributed by atoms with Gasteiger partial charge in [0, 0.05) is 10.8 Å². The van der Waals surface area contributed by atoms with Crippen LogP contribution in [0.1, 0.15) is 37.1 Å². The Morgan fingerprint density at radius 1 is 1.20 bits per heavy atom. The molecular weight excluding hydrogens is 332 g/mol. The Balaban J connectivity index is 1.78. The molecule has 1 aliphatic carbocycles. The molecule has 4 nitrogen and oxygen atoms in total. The number of nitriles is 1. The van der Waals surface area contributed by atoms with Crippen molar-refractivity contribution in [3.8, 4) is 17.3 Å². The molecule has 0 spiro atoms. The summed E-state index contributed by atoms with van der Waals surface area (Å²) < 4.78 is 5.39. The van der Waals surface area contributed by atoms with Crippen LogP contribution in [0, 0.1) is 11.3 Å². The lowest BCUT2D eigenvalue weighted by molar-refractivity contribution is 0.563. The van der Waals surface area contributed by atoms with Crippen molar-refractivity contribution in [2.24, 2.45) is 0 Å². The Labute approximate surface area is 149 Å². The van der Waals surface area contributed by atoms with Gasteiger partial charge in [-0.15, -0.1) is 11.3 Å². The zero-order valence-electron chi connectivity index (χ0n) is 13.6. The standard InChI is InChI=1S/C20H16N2O2S/c21-11-16(13-6-2-1-3-7-13)19-22-17(12-25-19)15-10-14-8-4-5-9-18(14)24-20(15)23/h4-5,8-10,12H,1-3,6-7H2. The Hall–Kier alpha value is -2.71. The van der Waals surface area contributed by atoms with E-state index in [1.165, 1.54) is 23.3 Å². The lowest BCUT2D eigenvalue weighted by Gasteiger charge is -2.14. The second kappa shape index (κ2) is 6.66. The molecule has 25 heavy (non-hydrogen) atoms. The molecule has 0 bridgehead atoms. The van der Waals surface area contributed by atoms with Crippen LogP contribution in [-0.2, 0) is 0 Å². The highest BCUT2D eigenvalue weighted by Crippen LogP contribution is 2.33. The summed E-state index contributed by atoms with van der Waals surface area (Å²) in [5.74, 6) is 0. The van der Waals surface area contributed by atoms with Gasteiger partial charge in [-0.05, 0) is 43.4 Å². The summed E-state index contributed by atoms with van der Waals surface area (Å²) >= 11 is 1.41. The third-order valence-corrected chi connectivity index (χ3v) is 5.42. The van der Waals surface area contributed by atoms with E-state index in [4.69, 9.17) is 4.42 Å². The molecular formula is C20H16N2O2S. The van der Waals surface area contributed by atoms with Crippen LogP contribution in [0.15, 0.2) is 50.5 Å². The number of fused-ring (bicyclic) bond motifs is 1. The second-order valence-electron chi connectivity index (χ2n) is 6.17. The number of allylic oxidation sites excluding steroid dienone is 2. The molecule has 5 heteroatoms. The monoisotopic (exact) mass is 348 g/mol. The van der Waals surface area contributed by atoms with Gasteiger partial charge < -0.3 is 4.42 Å². The molecule has 0 unspecified atom stereocenters. The summed E-state index contributed by atoms with van der Waals surface area (Å²) in [5, 5.41) is 13.0. The first kappa shape index (κ1) is 15.8. The molecule has 0 saturated heterocycles. The minimum atomic E-state index is -0.403. The van der Waals surface area contributed by atoms with Crippen LogP contribution in [0.5, 0.6) is 0 Å². The summed E-state index contributed by atoms with van der Waals surface area (Å²) in [7, 11) is 0. The van der Waals surface area contributed by atoms with Gasteiger partial charge in [0.15, 0.2) is 0 Å². The van der Waals surface area contributed by atoms with Crippen LogP contribution >= 0.6 is 11.3 Å². The van der Waals surface area contributed by atoms with E-state index in [-0.39, 0.29) is 0 Å². The normalized spacial score (nSPS) is 14.4. The molecule has 1 aliphatic rings. The van der Waals surface area contributed by atoms with Gasteiger partial charge in [0.1, 0.15) is 16.7 Å². The number of para-hydroxylation sites is 1. The number of aromatic nitrogens is 1. The van der Waals surface area contributed by atoms with Crippen LogP contribution in [0.25, 0.3) is 27.8 Å². The topological polar surface area (TPSA) is 66.9 Å². The van der Waals surface area contributed by atoms with Crippen molar-refractivity contribution in [1.82, 2.24) is 4.98 Å². The third kappa shape index (κ3) is 3.01. The molecule has 0 atom stereocenters. The zero-order valence-corrected chi connectivity index (χ0v) is 14.4. The van der Waals surface area contributed by atoms with Gasteiger partial charge in [-0.2, -0.15) is 5.26 Å². The van der Waals surface area contributed by atoms with Gasteiger partial charge in [-0.1, -0.05) is 24.6 Å². The minimum absolute atomic E-state index is 0.403. The lowest BCUT2D eigenvalue weighted by Crippen LogP contribution is -2.03. The third-order valence-electron chi connectivity index (χ3n) is 4.56. The molecule has 4 rings (SSSR count). The molecule has 1 saturated carbocycles. The summed E-state index contributed by atoms with van der Waals surface area (Å²) in [5.41, 5.74) is 3.05. The highest BCUT2D eigenvalue weighted by molar-refractivity contribution is 7.11. The SMILES string of the molecule is N#CC(=C1CCCCC1)c1nc(-c2cc3ccccc3oc2=O)cs1. The number of rotatable bonds is 2. The van der Waals surface area contributed by atoms with Gasteiger partial charge in [0.2, 0.25) is 0 Å². The predicted octanol–water partition coefficient (Wildman–Crippen LogP) is 5.16. The predicted molar refractivity (Wildman–Crippen MR) is 99.2 cm³/mol. The smallest absolute Gasteiger partial charge is 0.345 e. The van der Waals surface area contributed by atoms with Crippen LogP contribution in [-0.4, -0.2) is 4.98 Å². The molecule has 3 aromatic rings. The maximum absolute atomic E-state index is 12.3. The number of nitrogens with zero attached hydrogens (tertiary/aromatic N) is 2. The molecule has 0 amide bonds. The zero-order chi connectivity index (χ0) is 17.2. The summed E-state index contributed by atoms with van der Waals surface area (Å²) in [6.07, 6.45) is 5.43. The summed E-state index contributed by atoms with van der Waals surface area (Å²) in [6, 6.07) is 11.5. The molecule has 2 heterocycles. The molecule has 1 fully saturated rings. The largest absolute Gasteiger partial charge is 0.422 e. The Bertz CT molecular complexity index is 1060. The summed E-state index contributed by atoms with van der Waals surface area (Å²) in [6.45, 7) is 0. The fourth-order valence-electron chi connectivity index (χ4n) is 3.26. The van der Waals surface area contributed by atoms with Crippen LogP contribution in [0.2, 0.25) is 0 Å². The van der Waals surface area contributed by atoms with Crippen LogP contribution < -0.4 is 5.63 Å². The molecule has 1 aromatic carbocycles.